The van der Waals surface area contributed by atoms with E-state index < -0.39 is 0 Å². The van der Waals surface area contributed by atoms with Crippen LogP contribution < -0.4 is 15.7 Å². The van der Waals surface area contributed by atoms with Crippen LogP contribution in [0.5, 0.6) is 0 Å². The van der Waals surface area contributed by atoms with Crippen molar-refractivity contribution in [1.29, 1.82) is 0 Å². The van der Waals surface area contributed by atoms with Gasteiger partial charge in [-0.25, -0.2) is 4.57 Å². The van der Waals surface area contributed by atoms with E-state index in [9.17, 15) is 9.59 Å². The van der Waals surface area contributed by atoms with Crippen molar-refractivity contribution < 1.29 is 4.57 Å². The molecule has 1 unspecified atom stereocenters. The predicted octanol–water partition coefficient (Wildman–Crippen LogP) is 2.98. The van der Waals surface area contributed by atoms with E-state index in [1.54, 1.807) is 12.4 Å². The van der Waals surface area contributed by atoms with E-state index in [1.165, 1.54) is 0 Å². The normalized spacial score (nSPS) is 12.7. The second-order valence-corrected chi connectivity index (χ2v) is 7.64. The van der Waals surface area contributed by atoms with E-state index >= 15 is 0 Å². The van der Waals surface area contributed by atoms with Crippen molar-refractivity contribution in [2.75, 3.05) is 0 Å². The number of nitrogens with zero attached hydrogens (tertiary/aromatic N) is 2. The predicted molar refractivity (Wildman–Crippen MR) is 110 cm³/mol. The molecule has 0 aromatic carbocycles. The van der Waals surface area contributed by atoms with Crippen LogP contribution >= 0.6 is 0 Å². The van der Waals surface area contributed by atoms with Gasteiger partial charge in [0.25, 0.3) is 11.1 Å². The molecule has 1 atom stereocenters. The fraction of sp³-hybridized carbons (Fsp3) is 0.273. The zero-order valence-corrected chi connectivity index (χ0v) is 16.2. The standard InChI is InChI=1S/C22H22N4O2/c1-13(2)17-9-16-12-26(7-5-19(16)24-21(17)27)11-14(3)18-8-15-4-6-23-10-20(15)25-22(18)28/h4-10,12-14H,11H2,1-3H3,(H,25,28)/p+1. The average Bonchev–Trinajstić information content (AvgIpc) is 2.66. The molecule has 142 valence electrons. The van der Waals surface area contributed by atoms with Crippen LogP contribution in [0.2, 0.25) is 0 Å². The van der Waals surface area contributed by atoms with E-state index in [4.69, 9.17) is 0 Å². The smallest absolute Gasteiger partial charge is 0.252 e. The Morgan fingerprint density at radius 3 is 2.46 bits per heavy atom. The summed E-state index contributed by atoms with van der Waals surface area (Å²) in [5, 5.41) is 1.95. The summed E-state index contributed by atoms with van der Waals surface area (Å²) in [5.74, 6) is 0.183. The van der Waals surface area contributed by atoms with Gasteiger partial charge in [0.1, 0.15) is 0 Å². The SMILES string of the molecule is CC(C)c1cc2c[n+](CC(C)c3cc4ccncc4[nH]c3=O)ccc2[nH]c1=O. The zero-order chi connectivity index (χ0) is 19.8. The lowest BCUT2D eigenvalue weighted by Crippen LogP contribution is -2.36. The third kappa shape index (κ3) is 3.33. The minimum atomic E-state index is -0.0826. The Labute approximate surface area is 161 Å². The van der Waals surface area contributed by atoms with Crippen LogP contribution in [0.4, 0.5) is 0 Å². The van der Waals surface area contributed by atoms with Gasteiger partial charge < -0.3 is 9.97 Å². The largest absolute Gasteiger partial charge is 0.321 e. The van der Waals surface area contributed by atoms with Crippen molar-refractivity contribution in [3.63, 3.8) is 0 Å². The average molecular weight is 375 g/mol. The number of rotatable bonds is 4. The molecule has 0 bridgehead atoms. The van der Waals surface area contributed by atoms with Crippen molar-refractivity contribution in [2.24, 2.45) is 0 Å². The first-order chi connectivity index (χ1) is 13.4. The summed E-state index contributed by atoms with van der Waals surface area (Å²) < 4.78 is 2.06. The van der Waals surface area contributed by atoms with Crippen LogP contribution in [0, 0.1) is 0 Å². The molecule has 4 aromatic heterocycles. The zero-order valence-electron chi connectivity index (χ0n) is 16.2. The topological polar surface area (TPSA) is 82.5 Å². The van der Waals surface area contributed by atoms with E-state index in [0.717, 1.165) is 32.9 Å². The molecule has 0 saturated carbocycles. The summed E-state index contributed by atoms with van der Waals surface area (Å²) >= 11 is 0. The Morgan fingerprint density at radius 2 is 1.68 bits per heavy atom. The highest BCUT2D eigenvalue weighted by Gasteiger charge is 2.17. The minimum absolute atomic E-state index is 0.0242. The molecule has 4 aromatic rings. The third-order valence-electron chi connectivity index (χ3n) is 5.18. The van der Waals surface area contributed by atoms with E-state index in [1.807, 2.05) is 57.4 Å². The molecule has 0 spiro atoms. The number of fused-ring (bicyclic) bond motifs is 2. The summed E-state index contributed by atoms with van der Waals surface area (Å²) in [4.78, 5) is 34.6. The lowest BCUT2D eigenvalue weighted by atomic mass is 10.0. The monoisotopic (exact) mass is 375 g/mol. The van der Waals surface area contributed by atoms with Crippen LogP contribution in [-0.4, -0.2) is 15.0 Å². The van der Waals surface area contributed by atoms with Crippen LogP contribution in [0.3, 0.4) is 0 Å². The summed E-state index contributed by atoms with van der Waals surface area (Å²) in [6.07, 6.45) is 7.34. The van der Waals surface area contributed by atoms with E-state index in [2.05, 4.69) is 19.5 Å². The second-order valence-electron chi connectivity index (χ2n) is 7.64. The van der Waals surface area contributed by atoms with Crippen molar-refractivity contribution in [3.05, 3.63) is 80.9 Å². The molecule has 0 saturated heterocycles. The maximum atomic E-state index is 12.5. The summed E-state index contributed by atoms with van der Waals surface area (Å²) in [6, 6.07) is 7.70. The molecular formula is C22H23N4O2+. The van der Waals surface area contributed by atoms with Gasteiger partial charge in [-0.05, 0) is 24.1 Å². The first-order valence-electron chi connectivity index (χ1n) is 9.45. The molecule has 0 fully saturated rings. The highest BCUT2D eigenvalue weighted by Crippen LogP contribution is 2.17. The number of nitrogens with one attached hydrogen (secondary N) is 2. The Bertz CT molecular complexity index is 1290. The number of aromatic amines is 2. The van der Waals surface area contributed by atoms with Gasteiger partial charge in [-0.2, -0.15) is 0 Å². The highest BCUT2D eigenvalue weighted by molar-refractivity contribution is 5.78. The van der Waals surface area contributed by atoms with Crippen LogP contribution in [-0.2, 0) is 6.54 Å². The fourth-order valence-corrected chi connectivity index (χ4v) is 3.60. The van der Waals surface area contributed by atoms with E-state index in [-0.39, 0.29) is 23.0 Å². The number of H-pyrrole nitrogens is 2. The highest BCUT2D eigenvalue weighted by atomic mass is 16.1. The Hall–Kier alpha value is -3.28. The van der Waals surface area contributed by atoms with Crippen molar-refractivity contribution in [1.82, 2.24) is 15.0 Å². The van der Waals surface area contributed by atoms with Gasteiger partial charge in [-0.1, -0.05) is 20.8 Å². The van der Waals surface area contributed by atoms with Crippen LogP contribution in [0.1, 0.15) is 43.7 Å². The number of hydrogen-bond acceptors (Lipinski definition) is 3. The maximum absolute atomic E-state index is 12.5. The van der Waals surface area contributed by atoms with Crippen LogP contribution in [0.15, 0.2) is 58.6 Å². The molecule has 28 heavy (non-hydrogen) atoms. The molecule has 6 heteroatoms. The van der Waals surface area contributed by atoms with Gasteiger partial charge in [-0.15, -0.1) is 0 Å². The molecule has 0 radical (unpaired) electrons. The number of hydrogen-bond donors (Lipinski definition) is 2. The Morgan fingerprint density at radius 1 is 0.964 bits per heavy atom. The first-order valence-corrected chi connectivity index (χ1v) is 9.45. The molecule has 4 heterocycles. The summed E-state index contributed by atoms with van der Waals surface area (Å²) in [5.41, 5.74) is 2.96. The Balaban J connectivity index is 1.69. The number of pyridine rings is 4. The van der Waals surface area contributed by atoms with Gasteiger partial charge in [0.05, 0.1) is 22.6 Å². The number of aromatic nitrogens is 4. The molecular weight excluding hydrogens is 352 g/mol. The molecule has 0 aliphatic rings. The molecule has 0 aliphatic heterocycles. The van der Waals surface area contributed by atoms with E-state index in [0.29, 0.717) is 6.54 Å². The first kappa shape index (κ1) is 18.1. The fourth-order valence-electron chi connectivity index (χ4n) is 3.60. The molecule has 0 amide bonds. The second kappa shape index (κ2) is 7.03. The summed E-state index contributed by atoms with van der Waals surface area (Å²) in [7, 11) is 0. The van der Waals surface area contributed by atoms with Crippen LogP contribution in [0.25, 0.3) is 21.8 Å². The molecule has 0 aliphatic carbocycles. The molecule has 2 N–H and O–H groups in total. The van der Waals surface area contributed by atoms with Gasteiger partial charge in [0, 0.05) is 34.7 Å². The lowest BCUT2D eigenvalue weighted by Gasteiger charge is -2.10. The van der Waals surface area contributed by atoms with Gasteiger partial charge >= 0.3 is 0 Å². The van der Waals surface area contributed by atoms with Gasteiger partial charge in [-0.3, -0.25) is 14.6 Å². The lowest BCUT2D eigenvalue weighted by molar-refractivity contribution is -0.698. The van der Waals surface area contributed by atoms with Gasteiger partial charge in [0.15, 0.2) is 18.9 Å². The van der Waals surface area contributed by atoms with Gasteiger partial charge in [0.2, 0.25) is 0 Å². The Kier molecular flexibility index (Phi) is 4.55. The molecule has 6 nitrogen and oxygen atoms in total. The van der Waals surface area contributed by atoms with Crippen molar-refractivity contribution in [3.8, 4) is 0 Å². The summed E-state index contributed by atoms with van der Waals surface area (Å²) in [6.45, 7) is 6.72. The minimum Gasteiger partial charge on any atom is -0.321 e. The maximum Gasteiger partial charge on any atom is 0.252 e. The van der Waals surface area contributed by atoms with Crippen molar-refractivity contribution >= 4 is 21.8 Å². The van der Waals surface area contributed by atoms with Crippen molar-refractivity contribution in [2.45, 2.75) is 39.2 Å². The molecule has 4 rings (SSSR count). The quantitative estimate of drug-likeness (QED) is 0.538. The third-order valence-corrected chi connectivity index (χ3v) is 5.18.